The fourth-order valence-electron chi connectivity index (χ4n) is 3.68. The minimum atomic E-state index is 0.473. The predicted molar refractivity (Wildman–Crippen MR) is 79.9 cm³/mol. The smallest absolute Gasteiger partial charge is 0.142 e. The summed E-state index contributed by atoms with van der Waals surface area (Å²) in [5.74, 6) is 1.09. The van der Waals surface area contributed by atoms with Crippen LogP contribution in [0.25, 0.3) is 11.0 Å². The summed E-state index contributed by atoms with van der Waals surface area (Å²) in [5.41, 5.74) is 1.41. The molecule has 2 saturated heterocycles. The lowest BCUT2D eigenvalue weighted by Gasteiger charge is -2.46. The minimum absolute atomic E-state index is 0.473. The number of H-pyrrole nitrogens is 1. The fourth-order valence-corrected chi connectivity index (χ4v) is 3.68. The van der Waals surface area contributed by atoms with E-state index in [1.54, 1.807) is 6.33 Å². The Hall–Kier alpha value is -1.62. The summed E-state index contributed by atoms with van der Waals surface area (Å²) in [4.78, 5) is 14.4. The molecule has 106 valence electrons. The van der Waals surface area contributed by atoms with E-state index >= 15 is 0 Å². The van der Waals surface area contributed by atoms with Crippen LogP contribution in [0.2, 0.25) is 0 Å². The Balaban J connectivity index is 1.55. The van der Waals surface area contributed by atoms with E-state index in [4.69, 9.17) is 0 Å². The normalized spacial score (nSPS) is 22.5. The number of aromatic amines is 1. The molecule has 0 saturated carbocycles. The van der Waals surface area contributed by atoms with Gasteiger partial charge in [-0.3, -0.25) is 0 Å². The highest BCUT2D eigenvalue weighted by Crippen LogP contribution is 2.33. The van der Waals surface area contributed by atoms with Gasteiger partial charge in [-0.05, 0) is 44.7 Å². The van der Waals surface area contributed by atoms with E-state index in [1.807, 2.05) is 6.20 Å². The van der Waals surface area contributed by atoms with Crippen LogP contribution in [-0.4, -0.2) is 40.1 Å². The zero-order chi connectivity index (χ0) is 13.4. The first-order chi connectivity index (χ1) is 9.86. The maximum atomic E-state index is 4.52. The summed E-state index contributed by atoms with van der Waals surface area (Å²) >= 11 is 0. The molecule has 0 aliphatic carbocycles. The Morgan fingerprint density at radius 1 is 1.10 bits per heavy atom. The van der Waals surface area contributed by atoms with Gasteiger partial charge >= 0.3 is 0 Å². The van der Waals surface area contributed by atoms with Crippen molar-refractivity contribution in [2.75, 3.05) is 24.5 Å². The van der Waals surface area contributed by atoms with Crippen molar-refractivity contribution in [3.05, 3.63) is 18.6 Å². The highest BCUT2D eigenvalue weighted by Gasteiger charge is 2.36. The van der Waals surface area contributed by atoms with Crippen molar-refractivity contribution in [1.29, 1.82) is 0 Å². The second-order valence-electron chi connectivity index (χ2n) is 6.09. The van der Waals surface area contributed by atoms with Gasteiger partial charge in [-0.2, -0.15) is 0 Å². The summed E-state index contributed by atoms with van der Waals surface area (Å²) in [7, 11) is 0. The van der Waals surface area contributed by atoms with Crippen LogP contribution in [0.3, 0.4) is 0 Å². The van der Waals surface area contributed by atoms with Crippen LogP contribution in [0.1, 0.15) is 32.1 Å². The van der Waals surface area contributed by atoms with Gasteiger partial charge in [0.15, 0.2) is 0 Å². The first-order valence-electron chi connectivity index (χ1n) is 7.64. The van der Waals surface area contributed by atoms with Crippen molar-refractivity contribution >= 4 is 16.9 Å². The van der Waals surface area contributed by atoms with Crippen LogP contribution in [-0.2, 0) is 0 Å². The van der Waals surface area contributed by atoms with Crippen LogP contribution in [0.4, 0.5) is 5.82 Å². The number of rotatable bonds is 1. The van der Waals surface area contributed by atoms with Gasteiger partial charge in [0.1, 0.15) is 17.8 Å². The molecule has 4 rings (SSSR count). The van der Waals surface area contributed by atoms with Crippen molar-refractivity contribution in [2.45, 2.75) is 37.6 Å². The van der Waals surface area contributed by atoms with Gasteiger partial charge in [-0.25, -0.2) is 9.97 Å². The van der Waals surface area contributed by atoms with Crippen LogP contribution in [0.5, 0.6) is 0 Å². The van der Waals surface area contributed by atoms with E-state index in [1.165, 1.54) is 38.6 Å². The van der Waals surface area contributed by atoms with Gasteiger partial charge in [0.25, 0.3) is 0 Å². The van der Waals surface area contributed by atoms with Gasteiger partial charge < -0.3 is 15.2 Å². The van der Waals surface area contributed by atoms with Crippen LogP contribution in [0.15, 0.2) is 18.6 Å². The minimum Gasteiger partial charge on any atom is -0.356 e. The van der Waals surface area contributed by atoms with E-state index in [-0.39, 0.29) is 0 Å². The molecule has 2 fully saturated rings. The van der Waals surface area contributed by atoms with Gasteiger partial charge in [-0.1, -0.05) is 0 Å². The SMILES string of the molecule is c1nc(N2CCCC3(CCC2)CCN3)c2cc[nH]c2n1. The number of nitrogens with one attached hydrogen (secondary N) is 2. The Morgan fingerprint density at radius 3 is 2.60 bits per heavy atom. The number of fused-ring (bicyclic) bond motifs is 1. The summed E-state index contributed by atoms with van der Waals surface area (Å²) in [6.07, 6.45) is 10.0. The van der Waals surface area contributed by atoms with Crippen molar-refractivity contribution in [1.82, 2.24) is 20.3 Å². The van der Waals surface area contributed by atoms with Gasteiger partial charge in [0.05, 0.1) is 5.39 Å². The third kappa shape index (κ3) is 1.97. The molecular formula is C15H21N5. The molecule has 0 atom stereocenters. The molecule has 2 aromatic heterocycles. The van der Waals surface area contributed by atoms with Gasteiger partial charge in [0.2, 0.25) is 0 Å². The van der Waals surface area contributed by atoms with Crippen LogP contribution >= 0.6 is 0 Å². The summed E-state index contributed by atoms with van der Waals surface area (Å²) in [5, 5.41) is 4.80. The molecule has 20 heavy (non-hydrogen) atoms. The van der Waals surface area contributed by atoms with Crippen molar-refractivity contribution in [3.63, 3.8) is 0 Å². The van der Waals surface area contributed by atoms with Crippen molar-refractivity contribution in [2.24, 2.45) is 0 Å². The zero-order valence-electron chi connectivity index (χ0n) is 11.7. The standard InChI is InChI=1S/C15H21N5/c1-4-15(6-8-19-15)5-2-10-20(9-1)14-12-3-7-16-13(12)17-11-18-14/h3,7,11,19H,1-2,4-6,8-10H2,(H,16,17,18). The van der Waals surface area contributed by atoms with E-state index < -0.39 is 0 Å². The lowest BCUT2D eigenvalue weighted by atomic mass is 9.78. The number of hydrogen-bond acceptors (Lipinski definition) is 4. The van der Waals surface area contributed by atoms with Gasteiger partial charge in [-0.15, -0.1) is 0 Å². The molecular weight excluding hydrogens is 250 g/mol. The fraction of sp³-hybridized carbons (Fsp3) is 0.600. The number of aromatic nitrogens is 3. The molecule has 2 aliphatic heterocycles. The second-order valence-corrected chi connectivity index (χ2v) is 6.09. The molecule has 2 aliphatic rings. The van der Waals surface area contributed by atoms with Crippen molar-refractivity contribution in [3.8, 4) is 0 Å². The molecule has 5 nitrogen and oxygen atoms in total. The monoisotopic (exact) mass is 271 g/mol. The topological polar surface area (TPSA) is 56.8 Å². The Morgan fingerprint density at radius 2 is 1.90 bits per heavy atom. The molecule has 5 heteroatoms. The number of nitrogens with zero attached hydrogens (tertiary/aromatic N) is 3. The third-order valence-corrected chi connectivity index (χ3v) is 4.90. The van der Waals surface area contributed by atoms with E-state index in [0.29, 0.717) is 5.54 Å². The lowest BCUT2D eigenvalue weighted by molar-refractivity contribution is 0.165. The molecule has 0 unspecified atom stereocenters. The van der Waals surface area contributed by atoms with Crippen LogP contribution < -0.4 is 10.2 Å². The number of hydrogen-bond donors (Lipinski definition) is 2. The first-order valence-corrected chi connectivity index (χ1v) is 7.64. The average Bonchev–Trinajstić information content (AvgIpc) is 2.85. The quantitative estimate of drug-likeness (QED) is 0.833. The van der Waals surface area contributed by atoms with Crippen LogP contribution in [0, 0.1) is 0 Å². The second kappa shape index (κ2) is 4.74. The predicted octanol–water partition coefficient (Wildman–Crippen LogP) is 2.07. The Kier molecular flexibility index (Phi) is 2.88. The summed E-state index contributed by atoms with van der Waals surface area (Å²) in [6.45, 7) is 3.40. The van der Waals surface area contributed by atoms with E-state index in [2.05, 4.69) is 31.2 Å². The largest absolute Gasteiger partial charge is 0.356 e. The number of anilines is 1. The maximum absolute atomic E-state index is 4.52. The third-order valence-electron chi connectivity index (χ3n) is 4.90. The molecule has 2 N–H and O–H groups in total. The summed E-state index contributed by atoms with van der Waals surface area (Å²) in [6, 6.07) is 2.08. The maximum Gasteiger partial charge on any atom is 0.142 e. The first kappa shape index (κ1) is 12.1. The lowest BCUT2D eigenvalue weighted by Crippen LogP contribution is -2.57. The molecule has 4 heterocycles. The molecule has 0 radical (unpaired) electrons. The molecule has 2 aromatic rings. The molecule has 1 spiro atoms. The highest BCUT2D eigenvalue weighted by molar-refractivity contribution is 5.87. The highest BCUT2D eigenvalue weighted by atomic mass is 15.2. The Bertz CT molecular complexity index is 589. The Labute approximate surface area is 118 Å². The average molecular weight is 271 g/mol. The summed E-state index contributed by atoms with van der Waals surface area (Å²) < 4.78 is 0. The van der Waals surface area contributed by atoms with E-state index in [9.17, 15) is 0 Å². The molecule has 0 amide bonds. The zero-order valence-corrected chi connectivity index (χ0v) is 11.7. The molecule has 0 aromatic carbocycles. The van der Waals surface area contributed by atoms with E-state index in [0.717, 1.165) is 29.9 Å². The molecule has 0 bridgehead atoms. The van der Waals surface area contributed by atoms with Gasteiger partial charge in [0, 0.05) is 24.8 Å². The van der Waals surface area contributed by atoms with Crippen molar-refractivity contribution < 1.29 is 0 Å².